The van der Waals surface area contributed by atoms with Gasteiger partial charge in [-0.1, -0.05) is 0 Å². The van der Waals surface area contributed by atoms with Gasteiger partial charge in [-0.05, 0) is 26.0 Å². The Morgan fingerprint density at radius 2 is 1.65 bits per heavy atom. The molecular weight excluding hydrogens is 264 g/mol. The minimum absolute atomic E-state index is 0.00666. The van der Waals surface area contributed by atoms with Crippen molar-refractivity contribution >= 4 is 11.6 Å². The zero-order chi connectivity index (χ0) is 14.9. The van der Waals surface area contributed by atoms with Gasteiger partial charge in [-0.3, -0.25) is 9.69 Å². The third kappa shape index (κ3) is 2.90. The minimum atomic E-state index is -0.894. The number of halogens is 2. The Bertz CT molecular complexity index is 488. The molecule has 20 heavy (non-hydrogen) atoms. The number of hydrogen-bond donors (Lipinski definition) is 1. The van der Waals surface area contributed by atoms with Crippen molar-refractivity contribution in [2.75, 3.05) is 31.9 Å². The molecular formula is C14H19F2N3O. The molecule has 1 aliphatic heterocycles. The monoisotopic (exact) mass is 283 g/mol. The van der Waals surface area contributed by atoms with Crippen LogP contribution in [0.3, 0.4) is 0 Å². The Hall–Kier alpha value is -1.69. The zero-order valence-corrected chi connectivity index (χ0v) is 11.7. The highest BCUT2D eigenvalue weighted by Gasteiger charge is 2.24. The van der Waals surface area contributed by atoms with Crippen molar-refractivity contribution in [2.45, 2.75) is 19.9 Å². The number of rotatable bonds is 2. The van der Waals surface area contributed by atoms with Crippen LogP contribution in [0.25, 0.3) is 0 Å². The molecule has 0 saturated carbocycles. The van der Waals surface area contributed by atoms with Crippen molar-refractivity contribution in [3.8, 4) is 0 Å². The SMILES string of the molecule is CC(C)N1CCN(C(=O)c2cc(F)c(N)c(F)c2)CC1. The van der Waals surface area contributed by atoms with Crippen LogP contribution >= 0.6 is 0 Å². The quantitative estimate of drug-likeness (QED) is 0.841. The van der Waals surface area contributed by atoms with E-state index in [-0.39, 0.29) is 11.5 Å². The minimum Gasteiger partial charge on any atom is -0.394 e. The first-order valence-electron chi connectivity index (χ1n) is 6.68. The highest BCUT2D eigenvalue weighted by atomic mass is 19.1. The normalized spacial score (nSPS) is 16.8. The molecule has 1 aromatic rings. The summed E-state index contributed by atoms with van der Waals surface area (Å²) in [5, 5.41) is 0. The number of nitrogens with zero attached hydrogens (tertiary/aromatic N) is 2. The fourth-order valence-electron chi connectivity index (χ4n) is 2.33. The molecule has 1 aromatic carbocycles. The predicted octanol–water partition coefficient (Wildman–Crippen LogP) is 1.71. The summed E-state index contributed by atoms with van der Waals surface area (Å²) in [4.78, 5) is 16.1. The first kappa shape index (κ1) is 14.7. The Morgan fingerprint density at radius 1 is 1.15 bits per heavy atom. The van der Waals surface area contributed by atoms with Crippen LogP contribution in [-0.4, -0.2) is 47.9 Å². The van der Waals surface area contributed by atoms with E-state index in [1.54, 1.807) is 4.90 Å². The van der Waals surface area contributed by atoms with Crippen molar-refractivity contribution in [3.05, 3.63) is 29.3 Å². The van der Waals surface area contributed by atoms with E-state index in [0.717, 1.165) is 25.2 Å². The topological polar surface area (TPSA) is 49.6 Å². The molecule has 110 valence electrons. The third-order valence-corrected chi connectivity index (χ3v) is 3.66. The smallest absolute Gasteiger partial charge is 0.254 e. The first-order valence-corrected chi connectivity index (χ1v) is 6.68. The molecule has 1 heterocycles. The van der Waals surface area contributed by atoms with Crippen LogP contribution in [-0.2, 0) is 0 Å². The van der Waals surface area contributed by atoms with Gasteiger partial charge in [0.15, 0.2) is 0 Å². The second-order valence-corrected chi connectivity index (χ2v) is 5.28. The molecule has 1 amide bonds. The maximum atomic E-state index is 13.4. The van der Waals surface area contributed by atoms with Gasteiger partial charge >= 0.3 is 0 Å². The predicted molar refractivity (Wildman–Crippen MR) is 73.4 cm³/mol. The van der Waals surface area contributed by atoms with Crippen LogP contribution in [0.4, 0.5) is 14.5 Å². The van der Waals surface area contributed by atoms with E-state index in [4.69, 9.17) is 5.73 Å². The molecule has 0 radical (unpaired) electrons. The first-order chi connectivity index (χ1) is 9.40. The van der Waals surface area contributed by atoms with Crippen LogP contribution in [0, 0.1) is 11.6 Å². The number of nitrogens with two attached hydrogens (primary N) is 1. The number of carbonyl (C=O) groups is 1. The molecule has 6 heteroatoms. The van der Waals surface area contributed by atoms with Gasteiger partial charge in [0.25, 0.3) is 5.91 Å². The highest BCUT2D eigenvalue weighted by Crippen LogP contribution is 2.19. The lowest BCUT2D eigenvalue weighted by Gasteiger charge is -2.37. The molecule has 1 saturated heterocycles. The summed E-state index contributed by atoms with van der Waals surface area (Å²) in [5.74, 6) is -2.14. The number of carbonyl (C=O) groups excluding carboxylic acids is 1. The summed E-state index contributed by atoms with van der Waals surface area (Å²) in [6.45, 7) is 6.85. The third-order valence-electron chi connectivity index (χ3n) is 3.66. The molecule has 1 aliphatic rings. The van der Waals surface area contributed by atoms with Gasteiger partial charge in [0.2, 0.25) is 0 Å². The average Bonchev–Trinajstić information content (AvgIpc) is 2.43. The summed E-state index contributed by atoms with van der Waals surface area (Å²) in [6, 6.07) is 2.42. The number of hydrogen-bond acceptors (Lipinski definition) is 3. The average molecular weight is 283 g/mol. The molecule has 2 rings (SSSR count). The highest BCUT2D eigenvalue weighted by molar-refractivity contribution is 5.94. The lowest BCUT2D eigenvalue weighted by molar-refractivity contribution is 0.0594. The molecule has 0 atom stereocenters. The van der Waals surface area contributed by atoms with Gasteiger partial charge in [0.1, 0.15) is 17.3 Å². The van der Waals surface area contributed by atoms with E-state index in [1.165, 1.54) is 0 Å². The molecule has 0 spiro atoms. The zero-order valence-electron chi connectivity index (χ0n) is 11.7. The molecule has 2 N–H and O–H groups in total. The van der Waals surface area contributed by atoms with E-state index in [0.29, 0.717) is 19.1 Å². The van der Waals surface area contributed by atoms with Gasteiger partial charge in [-0.25, -0.2) is 8.78 Å². The van der Waals surface area contributed by atoms with Crippen LogP contribution in [0.2, 0.25) is 0 Å². The van der Waals surface area contributed by atoms with Crippen LogP contribution < -0.4 is 5.73 Å². The van der Waals surface area contributed by atoms with Crippen LogP contribution in [0.5, 0.6) is 0 Å². The Kier molecular flexibility index (Phi) is 4.23. The van der Waals surface area contributed by atoms with E-state index in [2.05, 4.69) is 18.7 Å². The van der Waals surface area contributed by atoms with E-state index >= 15 is 0 Å². The number of piperazine rings is 1. The van der Waals surface area contributed by atoms with Crippen LogP contribution in [0.1, 0.15) is 24.2 Å². The van der Waals surface area contributed by atoms with E-state index < -0.39 is 17.3 Å². The number of nitrogen functional groups attached to an aromatic ring is 1. The van der Waals surface area contributed by atoms with E-state index in [1.807, 2.05) is 0 Å². The summed E-state index contributed by atoms with van der Waals surface area (Å²) in [7, 11) is 0. The lowest BCUT2D eigenvalue weighted by atomic mass is 10.1. The van der Waals surface area contributed by atoms with Gasteiger partial charge < -0.3 is 10.6 Å². The molecule has 1 fully saturated rings. The molecule has 0 aromatic heterocycles. The number of amides is 1. The summed E-state index contributed by atoms with van der Waals surface area (Å²) in [5.41, 5.74) is 4.66. The standard InChI is InChI=1S/C14H19F2N3O/c1-9(2)18-3-5-19(6-4-18)14(20)10-7-11(15)13(17)12(16)8-10/h7-9H,3-6,17H2,1-2H3. The Labute approximate surface area is 117 Å². The maximum Gasteiger partial charge on any atom is 0.254 e. The fraction of sp³-hybridized carbons (Fsp3) is 0.500. The van der Waals surface area contributed by atoms with Gasteiger partial charge in [0.05, 0.1) is 0 Å². The van der Waals surface area contributed by atoms with Crippen molar-refractivity contribution < 1.29 is 13.6 Å². The second-order valence-electron chi connectivity index (χ2n) is 5.28. The number of benzene rings is 1. The second kappa shape index (κ2) is 5.75. The lowest BCUT2D eigenvalue weighted by Crippen LogP contribution is -2.50. The van der Waals surface area contributed by atoms with Crippen molar-refractivity contribution in [2.24, 2.45) is 0 Å². The molecule has 0 unspecified atom stereocenters. The summed E-state index contributed by atoms with van der Waals surface area (Å²) < 4.78 is 26.8. The Balaban J connectivity index is 2.09. The van der Waals surface area contributed by atoms with Crippen molar-refractivity contribution in [1.29, 1.82) is 0 Å². The molecule has 0 aliphatic carbocycles. The van der Waals surface area contributed by atoms with Gasteiger partial charge in [-0.2, -0.15) is 0 Å². The van der Waals surface area contributed by atoms with Crippen molar-refractivity contribution in [3.63, 3.8) is 0 Å². The summed E-state index contributed by atoms with van der Waals surface area (Å²) in [6.07, 6.45) is 0. The maximum absolute atomic E-state index is 13.4. The largest absolute Gasteiger partial charge is 0.394 e. The molecule has 0 bridgehead atoms. The van der Waals surface area contributed by atoms with Gasteiger partial charge in [0, 0.05) is 37.8 Å². The Morgan fingerprint density at radius 3 is 2.10 bits per heavy atom. The van der Waals surface area contributed by atoms with E-state index in [9.17, 15) is 13.6 Å². The molecule has 4 nitrogen and oxygen atoms in total. The van der Waals surface area contributed by atoms with Gasteiger partial charge in [-0.15, -0.1) is 0 Å². The summed E-state index contributed by atoms with van der Waals surface area (Å²) >= 11 is 0. The number of anilines is 1. The fourth-order valence-corrected chi connectivity index (χ4v) is 2.33. The van der Waals surface area contributed by atoms with Crippen LogP contribution in [0.15, 0.2) is 12.1 Å². The van der Waals surface area contributed by atoms with Crippen molar-refractivity contribution in [1.82, 2.24) is 9.80 Å².